The first kappa shape index (κ1) is 32.2. The van der Waals surface area contributed by atoms with Gasteiger partial charge in [-0.25, -0.2) is 8.42 Å². The smallest absolute Gasteiger partial charge is 0.399 e. The van der Waals surface area contributed by atoms with Gasteiger partial charge in [-0.05, 0) is 42.7 Å². The van der Waals surface area contributed by atoms with E-state index < -0.39 is 40.8 Å². The first-order valence-corrected chi connectivity index (χ1v) is 15.6. The molecule has 0 saturated carbocycles. The molecule has 0 aliphatic heterocycles. The second kappa shape index (κ2) is 13.5. The summed E-state index contributed by atoms with van der Waals surface area (Å²) in [6.45, 7) is 0.454. The standard InChI is InChI=1S/C27H32F2N3O7PS/c1-32(2)22-8-6-9-23(19-22)39-17-7-16-30-26(33)25(31-41(37,38)24-10-4-3-5-11-24)18-20-12-14-21(15-13-20)27(28,29)40(34,35)36/h3-6,8-15,19,25,31H,7,16-18H2,1-2H3,(H,30,33)(H2,34,35,36)/t25-/m0/s1. The van der Waals surface area contributed by atoms with Crippen LogP contribution in [-0.4, -0.2) is 57.4 Å². The summed E-state index contributed by atoms with van der Waals surface area (Å²) in [6.07, 6.45) is 0.204. The summed E-state index contributed by atoms with van der Waals surface area (Å²) in [7, 11) is -6.07. The largest absolute Gasteiger partial charge is 0.493 e. The van der Waals surface area contributed by atoms with Gasteiger partial charge in [-0.15, -0.1) is 0 Å². The maximum absolute atomic E-state index is 14.0. The molecule has 3 rings (SSSR count). The molecule has 0 spiro atoms. The van der Waals surface area contributed by atoms with Gasteiger partial charge in [0.15, 0.2) is 0 Å². The molecule has 3 aromatic rings. The molecule has 0 heterocycles. The Morgan fingerprint density at radius 2 is 1.68 bits per heavy atom. The van der Waals surface area contributed by atoms with Crippen LogP contribution in [-0.2, 0) is 31.5 Å². The molecule has 14 heteroatoms. The van der Waals surface area contributed by atoms with Gasteiger partial charge in [0.05, 0.1) is 11.5 Å². The Labute approximate surface area is 237 Å². The summed E-state index contributed by atoms with van der Waals surface area (Å²) in [4.78, 5) is 32.8. The molecule has 10 nitrogen and oxygen atoms in total. The zero-order valence-electron chi connectivity index (χ0n) is 22.4. The fourth-order valence-corrected chi connectivity index (χ4v) is 5.44. The van der Waals surface area contributed by atoms with Crippen molar-refractivity contribution in [1.82, 2.24) is 10.0 Å². The maximum Gasteiger partial charge on any atom is 0.399 e. The normalized spacial score (nSPS) is 12.9. The summed E-state index contributed by atoms with van der Waals surface area (Å²) in [5.41, 5.74) is -4.05. The van der Waals surface area contributed by atoms with E-state index in [0.717, 1.165) is 30.0 Å². The Hall–Kier alpha value is -3.35. The first-order valence-electron chi connectivity index (χ1n) is 12.5. The van der Waals surface area contributed by atoms with Crippen LogP contribution in [0.25, 0.3) is 0 Å². The third-order valence-corrected chi connectivity index (χ3v) is 8.47. The Kier molecular flexibility index (Phi) is 10.6. The Morgan fingerprint density at radius 1 is 1.02 bits per heavy atom. The predicted octanol–water partition coefficient (Wildman–Crippen LogP) is 3.45. The van der Waals surface area contributed by atoms with Gasteiger partial charge in [0.25, 0.3) is 0 Å². The van der Waals surface area contributed by atoms with E-state index in [9.17, 15) is 26.6 Å². The lowest BCUT2D eigenvalue weighted by atomic mass is 10.0. The van der Waals surface area contributed by atoms with Crippen molar-refractivity contribution in [2.24, 2.45) is 0 Å². The molecule has 222 valence electrons. The highest BCUT2D eigenvalue weighted by atomic mass is 32.2. The Morgan fingerprint density at radius 3 is 2.29 bits per heavy atom. The highest BCUT2D eigenvalue weighted by Crippen LogP contribution is 2.59. The molecule has 0 radical (unpaired) electrons. The molecule has 4 N–H and O–H groups in total. The van der Waals surface area contributed by atoms with Gasteiger partial charge in [0.1, 0.15) is 11.8 Å². The average Bonchev–Trinajstić information content (AvgIpc) is 2.92. The second-order valence-electron chi connectivity index (χ2n) is 9.36. The van der Waals surface area contributed by atoms with E-state index in [1.807, 2.05) is 37.2 Å². The van der Waals surface area contributed by atoms with Crippen molar-refractivity contribution in [3.8, 4) is 5.75 Å². The molecule has 0 aromatic heterocycles. The van der Waals surface area contributed by atoms with Crippen molar-refractivity contribution in [2.75, 3.05) is 32.1 Å². The van der Waals surface area contributed by atoms with Crippen molar-refractivity contribution in [3.63, 3.8) is 0 Å². The van der Waals surface area contributed by atoms with Crippen LogP contribution in [0.4, 0.5) is 14.5 Å². The van der Waals surface area contributed by atoms with Crippen LogP contribution in [0, 0.1) is 0 Å². The molecular weight excluding hydrogens is 579 g/mol. The van der Waals surface area contributed by atoms with Crippen molar-refractivity contribution in [2.45, 2.75) is 29.4 Å². The van der Waals surface area contributed by atoms with E-state index >= 15 is 0 Å². The number of anilines is 1. The minimum atomic E-state index is -5.76. The average molecular weight is 612 g/mol. The van der Waals surface area contributed by atoms with Gasteiger partial charge in [-0.1, -0.05) is 48.5 Å². The van der Waals surface area contributed by atoms with E-state index in [-0.39, 0.29) is 30.0 Å². The molecule has 1 atom stereocenters. The maximum atomic E-state index is 14.0. The number of alkyl halides is 2. The van der Waals surface area contributed by atoms with Crippen molar-refractivity contribution >= 4 is 29.2 Å². The van der Waals surface area contributed by atoms with Gasteiger partial charge in [-0.3, -0.25) is 9.36 Å². The van der Waals surface area contributed by atoms with Gasteiger partial charge < -0.3 is 24.7 Å². The number of benzene rings is 3. The predicted molar refractivity (Wildman–Crippen MR) is 151 cm³/mol. The number of carbonyl (C=O) groups excluding carboxylic acids is 1. The van der Waals surface area contributed by atoms with Gasteiger partial charge in [-0.2, -0.15) is 13.5 Å². The SMILES string of the molecule is CN(C)c1cccc(OCCCNC(=O)[C@H](Cc2ccc(C(F)(F)P(=O)(O)O)cc2)NS(=O)(=O)c2ccccc2)c1. The molecule has 1 amide bonds. The summed E-state index contributed by atoms with van der Waals surface area (Å²) < 4.78 is 73.2. The summed E-state index contributed by atoms with van der Waals surface area (Å²) in [5.74, 6) is 0.00698. The molecule has 0 fully saturated rings. The van der Waals surface area contributed by atoms with E-state index in [2.05, 4.69) is 10.0 Å². The monoisotopic (exact) mass is 611 g/mol. The molecule has 0 bridgehead atoms. The number of hydrogen-bond acceptors (Lipinski definition) is 6. The van der Waals surface area contributed by atoms with E-state index in [1.54, 1.807) is 12.1 Å². The zero-order chi connectivity index (χ0) is 30.3. The molecule has 41 heavy (non-hydrogen) atoms. The number of hydrogen-bond donors (Lipinski definition) is 4. The van der Waals surface area contributed by atoms with Crippen LogP contribution in [0.3, 0.4) is 0 Å². The minimum Gasteiger partial charge on any atom is -0.493 e. The highest BCUT2D eigenvalue weighted by Gasteiger charge is 2.50. The molecule has 0 aliphatic carbocycles. The van der Waals surface area contributed by atoms with Crippen LogP contribution in [0.5, 0.6) is 5.75 Å². The highest BCUT2D eigenvalue weighted by molar-refractivity contribution is 7.89. The fourth-order valence-electron chi connectivity index (χ4n) is 3.74. The van der Waals surface area contributed by atoms with Gasteiger partial charge in [0, 0.05) is 38.0 Å². The number of amides is 1. The van der Waals surface area contributed by atoms with Gasteiger partial charge >= 0.3 is 13.3 Å². The van der Waals surface area contributed by atoms with E-state index in [1.165, 1.54) is 24.3 Å². The van der Waals surface area contributed by atoms with Crippen molar-refractivity contribution in [3.05, 3.63) is 90.0 Å². The molecule has 0 aliphatic rings. The lowest BCUT2D eigenvalue weighted by Gasteiger charge is -2.20. The first-order chi connectivity index (χ1) is 19.2. The van der Waals surface area contributed by atoms with E-state index in [0.29, 0.717) is 12.2 Å². The zero-order valence-corrected chi connectivity index (χ0v) is 24.1. The van der Waals surface area contributed by atoms with Crippen LogP contribution in [0.1, 0.15) is 17.5 Å². The second-order valence-corrected chi connectivity index (χ2v) is 12.7. The number of nitrogens with zero attached hydrogens (tertiary/aromatic N) is 1. The number of sulfonamides is 1. The number of rotatable bonds is 14. The molecule has 0 saturated heterocycles. The Bertz CT molecular complexity index is 1470. The van der Waals surface area contributed by atoms with Crippen molar-refractivity contribution in [1.29, 1.82) is 0 Å². The number of nitrogens with one attached hydrogen (secondary N) is 2. The minimum absolute atomic E-state index is 0.0669. The third-order valence-electron chi connectivity index (χ3n) is 6.00. The third kappa shape index (κ3) is 8.82. The summed E-state index contributed by atoms with van der Waals surface area (Å²) >= 11 is 0. The lowest BCUT2D eigenvalue weighted by molar-refractivity contribution is -0.122. The van der Waals surface area contributed by atoms with Crippen molar-refractivity contribution < 1.29 is 41.1 Å². The fraction of sp³-hybridized carbons (Fsp3) is 0.296. The summed E-state index contributed by atoms with van der Waals surface area (Å²) in [5, 5.41) is 2.67. The quantitative estimate of drug-likeness (QED) is 0.160. The number of carbonyl (C=O) groups is 1. The lowest BCUT2D eigenvalue weighted by Crippen LogP contribution is -2.48. The molecule has 0 unspecified atom stereocenters. The number of ether oxygens (including phenoxy) is 1. The molecule has 3 aromatic carbocycles. The van der Waals surface area contributed by atoms with Gasteiger partial charge in [0.2, 0.25) is 15.9 Å². The van der Waals surface area contributed by atoms with Crippen LogP contribution in [0.2, 0.25) is 0 Å². The Balaban J connectivity index is 1.68. The topological polar surface area (TPSA) is 145 Å². The van der Waals surface area contributed by atoms with Crippen LogP contribution in [0.15, 0.2) is 83.8 Å². The number of halogens is 2. The summed E-state index contributed by atoms with van der Waals surface area (Å²) in [6, 6.07) is 17.5. The van der Waals surface area contributed by atoms with Crippen LogP contribution >= 0.6 is 7.60 Å². The van der Waals surface area contributed by atoms with E-state index in [4.69, 9.17) is 14.5 Å². The molecular formula is C27H32F2N3O7PS. The van der Waals surface area contributed by atoms with Crippen LogP contribution < -0.4 is 19.7 Å².